The summed E-state index contributed by atoms with van der Waals surface area (Å²) in [4.78, 5) is 16.7. The van der Waals surface area contributed by atoms with E-state index in [1.165, 1.54) is 6.92 Å². The maximum atomic E-state index is 12.0. The molecule has 0 radical (unpaired) electrons. The van der Waals surface area contributed by atoms with Crippen LogP contribution in [0.3, 0.4) is 0 Å². The van der Waals surface area contributed by atoms with E-state index in [-0.39, 0.29) is 11.6 Å². The highest BCUT2D eigenvalue weighted by atomic mass is 16.2. The highest BCUT2D eigenvalue weighted by molar-refractivity contribution is 6.35. The molecule has 0 N–H and O–H groups in total. The SMILES string of the molecule is CCCCN(Cc1ccccc1)C(=O)C(C)=[N+]=[N-]. The minimum atomic E-state index is -0.213. The summed E-state index contributed by atoms with van der Waals surface area (Å²) in [6, 6.07) is 9.81. The molecule has 96 valence electrons. The molecular weight excluding hydrogens is 226 g/mol. The van der Waals surface area contributed by atoms with Crippen LogP contribution in [-0.4, -0.2) is 27.9 Å². The Hall–Kier alpha value is -1.93. The molecule has 0 saturated carbocycles. The minimum absolute atomic E-state index is 0.127. The fourth-order valence-corrected chi connectivity index (χ4v) is 1.68. The van der Waals surface area contributed by atoms with Gasteiger partial charge in [-0.25, -0.2) is 0 Å². The lowest BCUT2D eigenvalue weighted by atomic mass is 10.2. The normalized spacial score (nSPS) is 9.67. The first-order valence-corrected chi connectivity index (χ1v) is 6.21. The summed E-state index contributed by atoms with van der Waals surface area (Å²) in [5, 5.41) is 0. The Balaban J connectivity index is 2.78. The molecule has 0 unspecified atom stereocenters. The number of benzene rings is 1. The van der Waals surface area contributed by atoms with E-state index in [0.29, 0.717) is 13.1 Å². The molecule has 18 heavy (non-hydrogen) atoms. The zero-order valence-electron chi connectivity index (χ0n) is 11.0. The van der Waals surface area contributed by atoms with Gasteiger partial charge in [0.1, 0.15) is 0 Å². The molecule has 0 spiro atoms. The standard InChI is InChI=1S/C14H19N3O/c1-3-4-10-17(14(18)12(2)16-15)11-13-8-6-5-7-9-13/h5-9H,3-4,10-11H2,1-2H3. The third-order valence-corrected chi connectivity index (χ3v) is 2.74. The summed E-state index contributed by atoms with van der Waals surface area (Å²) in [7, 11) is 0. The summed E-state index contributed by atoms with van der Waals surface area (Å²) >= 11 is 0. The highest BCUT2D eigenvalue weighted by Gasteiger charge is 2.21. The zero-order valence-corrected chi connectivity index (χ0v) is 11.0. The van der Waals surface area contributed by atoms with Crippen LogP contribution in [0.5, 0.6) is 0 Å². The maximum absolute atomic E-state index is 12.0. The summed E-state index contributed by atoms with van der Waals surface area (Å²) < 4.78 is 0. The number of carbonyl (C=O) groups excluding carboxylic acids is 1. The molecule has 0 bridgehead atoms. The molecule has 1 aromatic carbocycles. The number of rotatable bonds is 6. The fraction of sp³-hybridized carbons (Fsp3) is 0.429. The van der Waals surface area contributed by atoms with Crippen molar-refractivity contribution in [2.45, 2.75) is 33.2 Å². The molecule has 4 nitrogen and oxygen atoms in total. The first kappa shape index (κ1) is 14.1. The van der Waals surface area contributed by atoms with Gasteiger partial charge in [0.25, 0.3) is 0 Å². The first-order chi connectivity index (χ1) is 8.69. The Bertz CT molecular complexity index is 436. The van der Waals surface area contributed by atoms with E-state index in [1.54, 1.807) is 4.90 Å². The van der Waals surface area contributed by atoms with Crippen LogP contribution in [0, 0.1) is 0 Å². The Morgan fingerprint density at radius 2 is 2.00 bits per heavy atom. The zero-order chi connectivity index (χ0) is 13.4. The fourth-order valence-electron chi connectivity index (χ4n) is 1.68. The maximum Gasteiger partial charge on any atom is 0.353 e. The van der Waals surface area contributed by atoms with E-state index in [9.17, 15) is 4.79 Å². The van der Waals surface area contributed by atoms with E-state index in [2.05, 4.69) is 11.7 Å². The van der Waals surface area contributed by atoms with Gasteiger partial charge in [-0.3, -0.25) is 4.79 Å². The quantitative estimate of drug-likeness (QED) is 0.431. The van der Waals surface area contributed by atoms with Crippen LogP contribution < -0.4 is 0 Å². The Morgan fingerprint density at radius 3 is 2.56 bits per heavy atom. The summed E-state index contributed by atoms with van der Waals surface area (Å²) in [5.74, 6) is -0.213. The van der Waals surface area contributed by atoms with Gasteiger partial charge < -0.3 is 10.4 Å². The molecule has 0 aliphatic heterocycles. The Labute approximate surface area is 108 Å². The predicted molar refractivity (Wildman–Crippen MR) is 71.1 cm³/mol. The van der Waals surface area contributed by atoms with Gasteiger partial charge >= 0.3 is 11.6 Å². The van der Waals surface area contributed by atoms with Crippen LogP contribution in [0.25, 0.3) is 5.53 Å². The van der Waals surface area contributed by atoms with Crippen molar-refractivity contribution in [2.75, 3.05) is 6.54 Å². The van der Waals surface area contributed by atoms with E-state index >= 15 is 0 Å². The van der Waals surface area contributed by atoms with Crippen molar-refractivity contribution < 1.29 is 9.58 Å². The molecule has 1 amide bonds. The smallest absolute Gasteiger partial charge is 0.353 e. The summed E-state index contributed by atoms with van der Waals surface area (Å²) in [6.45, 7) is 4.83. The molecule has 0 aliphatic rings. The molecule has 0 fully saturated rings. The topological polar surface area (TPSA) is 56.7 Å². The first-order valence-electron chi connectivity index (χ1n) is 6.21. The number of nitrogens with zero attached hydrogens (tertiary/aromatic N) is 3. The highest BCUT2D eigenvalue weighted by Crippen LogP contribution is 2.06. The van der Waals surface area contributed by atoms with Crippen LogP contribution in [0.15, 0.2) is 30.3 Å². The number of hydrogen-bond acceptors (Lipinski definition) is 1. The number of hydrogen-bond donors (Lipinski definition) is 0. The molecule has 0 atom stereocenters. The van der Waals surface area contributed by atoms with Crippen LogP contribution in [0.2, 0.25) is 0 Å². The molecule has 0 aliphatic carbocycles. The van der Waals surface area contributed by atoms with Gasteiger partial charge in [-0.1, -0.05) is 43.7 Å². The lowest BCUT2D eigenvalue weighted by Crippen LogP contribution is -2.36. The molecule has 4 heteroatoms. The summed E-state index contributed by atoms with van der Waals surface area (Å²) in [6.07, 6.45) is 1.96. The van der Waals surface area contributed by atoms with Crippen molar-refractivity contribution in [2.24, 2.45) is 0 Å². The van der Waals surface area contributed by atoms with Gasteiger partial charge in [0.15, 0.2) is 0 Å². The van der Waals surface area contributed by atoms with Crippen molar-refractivity contribution in [3.05, 3.63) is 41.4 Å². The lowest BCUT2D eigenvalue weighted by Gasteiger charge is -2.20. The van der Waals surface area contributed by atoms with Crippen molar-refractivity contribution in [3.8, 4) is 0 Å². The van der Waals surface area contributed by atoms with E-state index in [4.69, 9.17) is 5.53 Å². The Morgan fingerprint density at radius 1 is 1.33 bits per heavy atom. The van der Waals surface area contributed by atoms with Crippen LogP contribution in [0.1, 0.15) is 32.3 Å². The van der Waals surface area contributed by atoms with Gasteiger partial charge in [-0.05, 0) is 12.0 Å². The van der Waals surface area contributed by atoms with Gasteiger partial charge in [0.2, 0.25) is 0 Å². The van der Waals surface area contributed by atoms with Crippen molar-refractivity contribution in [3.63, 3.8) is 0 Å². The molecule has 1 rings (SSSR count). The van der Waals surface area contributed by atoms with Crippen LogP contribution in [-0.2, 0) is 11.3 Å². The molecule has 0 saturated heterocycles. The van der Waals surface area contributed by atoms with E-state index in [1.807, 2.05) is 30.3 Å². The van der Waals surface area contributed by atoms with E-state index < -0.39 is 0 Å². The average Bonchev–Trinajstić information content (AvgIpc) is 2.42. The summed E-state index contributed by atoms with van der Waals surface area (Å²) in [5.41, 5.74) is 9.89. The monoisotopic (exact) mass is 245 g/mol. The second kappa shape index (κ2) is 7.41. The minimum Gasteiger partial charge on any atom is -0.361 e. The lowest BCUT2D eigenvalue weighted by molar-refractivity contribution is -0.129. The van der Waals surface area contributed by atoms with Gasteiger partial charge in [0, 0.05) is 20.0 Å². The van der Waals surface area contributed by atoms with E-state index in [0.717, 1.165) is 18.4 Å². The molecular formula is C14H19N3O. The third-order valence-electron chi connectivity index (χ3n) is 2.74. The van der Waals surface area contributed by atoms with Gasteiger partial charge in [-0.2, -0.15) is 4.79 Å². The molecule has 0 heterocycles. The second-order valence-corrected chi connectivity index (χ2v) is 4.25. The molecule has 1 aromatic rings. The van der Waals surface area contributed by atoms with Crippen LogP contribution in [0.4, 0.5) is 0 Å². The third kappa shape index (κ3) is 4.15. The Kier molecular flexibility index (Phi) is 5.81. The van der Waals surface area contributed by atoms with Crippen molar-refractivity contribution in [1.82, 2.24) is 4.90 Å². The predicted octanol–water partition coefficient (Wildman–Crippen LogP) is 2.51. The van der Waals surface area contributed by atoms with Crippen molar-refractivity contribution in [1.29, 1.82) is 0 Å². The van der Waals surface area contributed by atoms with Crippen LogP contribution >= 0.6 is 0 Å². The number of carbonyl (C=O) groups is 1. The second-order valence-electron chi connectivity index (χ2n) is 4.25. The number of unbranched alkanes of at least 4 members (excludes halogenated alkanes) is 1. The van der Waals surface area contributed by atoms with Crippen molar-refractivity contribution >= 4 is 11.6 Å². The number of amides is 1. The average molecular weight is 245 g/mol. The van der Waals surface area contributed by atoms with Gasteiger partial charge in [-0.15, -0.1) is 0 Å². The largest absolute Gasteiger partial charge is 0.361 e. The molecule has 0 aromatic heterocycles. The van der Waals surface area contributed by atoms with Gasteiger partial charge in [0.05, 0.1) is 0 Å².